The quantitative estimate of drug-likeness (QED) is 0.179. The summed E-state index contributed by atoms with van der Waals surface area (Å²) in [5, 5.41) is 11.9. The third-order valence-electron chi connectivity index (χ3n) is 11.0. The van der Waals surface area contributed by atoms with Gasteiger partial charge < -0.3 is 9.30 Å². The van der Waals surface area contributed by atoms with Crippen LogP contribution in [0.2, 0.25) is 0 Å². The van der Waals surface area contributed by atoms with E-state index < -0.39 is 0 Å². The third kappa shape index (κ3) is 5.47. The number of benzene rings is 6. The Morgan fingerprint density at radius 2 is 1.04 bits per heavy atom. The zero-order valence-electron chi connectivity index (χ0n) is 30.4. The largest absolute Gasteiger partial charge is 0.457 e. The highest BCUT2D eigenvalue weighted by Gasteiger charge is 2.35. The standard InChI is InChI=1S/C50H34N4O/c1-50(2)44-27-34(33-13-17-47-43(26-33)42-22-32(29-51)12-16-46(42)54(47)41-10-4-3-5-11-41)14-18-48(44)55-49-19-15-35(28-45(49)50)38-23-39(36-8-6-20-52-30-36)25-40(24-38)37-9-7-21-53-31-37/h3-28,30-31H,1-2H3. The van der Waals surface area contributed by atoms with E-state index in [0.29, 0.717) is 5.56 Å². The Bertz CT molecular complexity index is 2920. The molecule has 0 unspecified atom stereocenters. The topological polar surface area (TPSA) is 63.7 Å². The maximum Gasteiger partial charge on any atom is 0.131 e. The number of hydrogen-bond donors (Lipinski definition) is 0. The van der Waals surface area contributed by atoms with Crippen LogP contribution in [0, 0.1) is 11.3 Å². The first-order valence-corrected chi connectivity index (χ1v) is 18.4. The van der Waals surface area contributed by atoms with Crippen molar-refractivity contribution in [3.63, 3.8) is 0 Å². The van der Waals surface area contributed by atoms with Crippen LogP contribution in [0.5, 0.6) is 11.5 Å². The summed E-state index contributed by atoms with van der Waals surface area (Å²) in [6.45, 7) is 4.57. The first-order valence-electron chi connectivity index (χ1n) is 18.4. The molecule has 260 valence electrons. The van der Waals surface area contributed by atoms with Crippen molar-refractivity contribution in [1.82, 2.24) is 14.5 Å². The number of hydrogen-bond acceptors (Lipinski definition) is 4. The molecule has 0 radical (unpaired) electrons. The molecule has 5 heteroatoms. The van der Waals surface area contributed by atoms with Crippen LogP contribution in [-0.2, 0) is 5.41 Å². The van der Waals surface area contributed by atoms with Crippen molar-refractivity contribution in [2.24, 2.45) is 0 Å². The molecule has 4 heterocycles. The summed E-state index contributed by atoms with van der Waals surface area (Å²) in [7, 11) is 0. The van der Waals surface area contributed by atoms with Gasteiger partial charge in [-0.1, -0.05) is 62.4 Å². The second kappa shape index (κ2) is 12.7. The van der Waals surface area contributed by atoms with E-state index in [0.717, 1.165) is 94.6 Å². The highest BCUT2D eigenvalue weighted by molar-refractivity contribution is 6.11. The number of fused-ring (bicyclic) bond motifs is 5. The summed E-state index contributed by atoms with van der Waals surface area (Å²) in [6, 6.07) is 53.3. The van der Waals surface area contributed by atoms with Gasteiger partial charge in [0.1, 0.15) is 11.5 Å². The van der Waals surface area contributed by atoms with Gasteiger partial charge in [0.2, 0.25) is 0 Å². The van der Waals surface area contributed by atoms with Crippen molar-refractivity contribution in [1.29, 1.82) is 5.26 Å². The zero-order chi connectivity index (χ0) is 37.1. The summed E-state index contributed by atoms with van der Waals surface area (Å²) >= 11 is 0. The van der Waals surface area contributed by atoms with E-state index in [1.165, 1.54) is 0 Å². The summed E-state index contributed by atoms with van der Waals surface area (Å²) in [5.74, 6) is 1.74. The molecular formula is C50H34N4O. The number of pyridine rings is 2. The van der Waals surface area contributed by atoms with Crippen LogP contribution in [0.15, 0.2) is 170 Å². The monoisotopic (exact) mass is 706 g/mol. The second-order valence-electron chi connectivity index (χ2n) is 14.7. The van der Waals surface area contributed by atoms with Crippen LogP contribution in [-0.4, -0.2) is 14.5 Å². The number of para-hydroxylation sites is 1. The third-order valence-corrected chi connectivity index (χ3v) is 11.0. The Morgan fingerprint density at radius 1 is 0.509 bits per heavy atom. The van der Waals surface area contributed by atoms with Crippen molar-refractivity contribution in [3.8, 4) is 67.8 Å². The van der Waals surface area contributed by atoms with E-state index in [4.69, 9.17) is 4.74 Å². The lowest BCUT2D eigenvalue weighted by Gasteiger charge is -2.35. The molecule has 55 heavy (non-hydrogen) atoms. The van der Waals surface area contributed by atoms with Crippen LogP contribution in [0.25, 0.3) is 72.0 Å². The van der Waals surface area contributed by atoms with Crippen molar-refractivity contribution >= 4 is 21.8 Å². The molecular weight excluding hydrogens is 673 g/mol. The van der Waals surface area contributed by atoms with Gasteiger partial charge in [-0.05, 0) is 130 Å². The molecule has 0 fully saturated rings. The van der Waals surface area contributed by atoms with Crippen LogP contribution >= 0.6 is 0 Å². The Labute approximate surface area is 319 Å². The molecule has 10 rings (SSSR count). The average Bonchev–Trinajstić information content (AvgIpc) is 3.57. The number of nitrogens with zero attached hydrogens (tertiary/aromatic N) is 4. The summed E-state index contributed by atoms with van der Waals surface area (Å²) in [5.41, 5.74) is 14.6. The predicted octanol–water partition coefficient (Wildman–Crippen LogP) is 12.5. The van der Waals surface area contributed by atoms with Gasteiger partial charge in [0.25, 0.3) is 0 Å². The number of ether oxygens (including phenoxy) is 1. The lowest BCUT2D eigenvalue weighted by Crippen LogP contribution is -2.24. The van der Waals surface area contributed by atoms with Gasteiger partial charge in [-0.3, -0.25) is 9.97 Å². The van der Waals surface area contributed by atoms with E-state index in [2.05, 4.69) is 150 Å². The van der Waals surface area contributed by atoms with Crippen molar-refractivity contribution in [3.05, 3.63) is 187 Å². The molecule has 0 spiro atoms. The molecule has 5 nitrogen and oxygen atoms in total. The predicted molar refractivity (Wildman–Crippen MR) is 221 cm³/mol. The summed E-state index contributed by atoms with van der Waals surface area (Å²) < 4.78 is 8.91. The first kappa shape index (κ1) is 32.4. The fraction of sp³-hybridized carbons (Fsp3) is 0.0600. The Morgan fingerprint density at radius 3 is 1.62 bits per heavy atom. The molecule has 0 saturated heterocycles. The van der Waals surface area contributed by atoms with E-state index in [1.807, 2.05) is 42.7 Å². The van der Waals surface area contributed by atoms with Gasteiger partial charge in [0.15, 0.2) is 0 Å². The van der Waals surface area contributed by atoms with Crippen molar-refractivity contribution in [2.45, 2.75) is 19.3 Å². The molecule has 1 aliphatic rings. The lowest BCUT2D eigenvalue weighted by atomic mass is 9.74. The molecule has 3 aromatic heterocycles. The lowest BCUT2D eigenvalue weighted by molar-refractivity contribution is 0.418. The molecule has 0 bridgehead atoms. The SMILES string of the molecule is CC1(C)c2cc(-c3cc(-c4cccnc4)cc(-c4cccnc4)c3)ccc2Oc2ccc(-c3ccc4c(c3)c3cc(C#N)ccc3n4-c3ccccc3)cc21. The van der Waals surface area contributed by atoms with E-state index in [1.54, 1.807) is 12.4 Å². The number of rotatable bonds is 5. The van der Waals surface area contributed by atoms with Gasteiger partial charge in [0.05, 0.1) is 22.7 Å². The molecule has 0 N–H and O–H groups in total. The van der Waals surface area contributed by atoms with E-state index >= 15 is 0 Å². The van der Waals surface area contributed by atoms with Gasteiger partial charge in [-0.25, -0.2) is 0 Å². The Hall–Kier alpha value is -7.29. The van der Waals surface area contributed by atoms with Gasteiger partial charge in [0, 0.05) is 68.9 Å². The van der Waals surface area contributed by atoms with Gasteiger partial charge >= 0.3 is 0 Å². The maximum atomic E-state index is 9.78. The van der Waals surface area contributed by atoms with Gasteiger partial charge in [-0.2, -0.15) is 5.26 Å². The van der Waals surface area contributed by atoms with Crippen molar-refractivity contribution < 1.29 is 4.74 Å². The molecule has 6 aromatic carbocycles. The molecule has 1 aliphatic heterocycles. The van der Waals surface area contributed by atoms with Crippen LogP contribution in [0.4, 0.5) is 0 Å². The minimum absolute atomic E-state index is 0.350. The molecule has 0 aliphatic carbocycles. The average molecular weight is 707 g/mol. The van der Waals surface area contributed by atoms with Crippen LogP contribution < -0.4 is 4.74 Å². The maximum absolute atomic E-state index is 9.78. The minimum atomic E-state index is -0.350. The molecule has 0 amide bonds. The zero-order valence-corrected chi connectivity index (χ0v) is 30.4. The summed E-state index contributed by atoms with van der Waals surface area (Å²) in [6.07, 6.45) is 7.43. The summed E-state index contributed by atoms with van der Waals surface area (Å²) in [4.78, 5) is 8.80. The van der Waals surface area contributed by atoms with E-state index in [-0.39, 0.29) is 5.41 Å². The van der Waals surface area contributed by atoms with Crippen molar-refractivity contribution in [2.75, 3.05) is 0 Å². The molecule has 9 aromatic rings. The first-order chi connectivity index (χ1) is 26.9. The second-order valence-corrected chi connectivity index (χ2v) is 14.7. The highest BCUT2D eigenvalue weighted by Crippen LogP contribution is 2.50. The van der Waals surface area contributed by atoms with Gasteiger partial charge in [-0.15, -0.1) is 0 Å². The minimum Gasteiger partial charge on any atom is -0.457 e. The Kier molecular flexibility index (Phi) is 7.47. The smallest absolute Gasteiger partial charge is 0.131 e. The van der Waals surface area contributed by atoms with Crippen LogP contribution in [0.1, 0.15) is 30.5 Å². The van der Waals surface area contributed by atoms with E-state index in [9.17, 15) is 5.26 Å². The number of aromatic nitrogens is 3. The highest BCUT2D eigenvalue weighted by atomic mass is 16.5. The fourth-order valence-electron chi connectivity index (χ4n) is 8.16. The molecule has 0 saturated carbocycles. The Balaban J connectivity index is 1.07. The number of nitriles is 1. The fourth-order valence-corrected chi connectivity index (χ4v) is 8.16. The van der Waals surface area contributed by atoms with Crippen LogP contribution in [0.3, 0.4) is 0 Å². The normalized spacial score (nSPS) is 12.8. The molecule has 0 atom stereocenters.